The van der Waals surface area contributed by atoms with E-state index < -0.39 is 0 Å². The Morgan fingerprint density at radius 2 is 2.33 bits per heavy atom. The van der Waals surface area contributed by atoms with Crippen molar-refractivity contribution < 1.29 is 9.47 Å². The molecule has 2 unspecified atom stereocenters. The van der Waals surface area contributed by atoms with Gasteiger partial charge in [0, 0.05) is 25.2 Å². The van der Waals surface area contributed by atoms with Gasteiger partial charge < -0.3 is 14.8 Å². The maximum Gasteiger partial charge on any atom is 0.0648 e. The molecular formula is C12H23NO2. The normalized spacial score (nSPS) is 37.8. The fourth-order valence-corrected chi connectivity index (χ4v) is 3.01. The van der Waals surface area contributed by atoms with Crippen LogP contribution in [0.3, 0.4) is 0 Å². The number of piperidine rings is 1. The smallest absolute Gasteiger partial charge is 0.0648 e. The Morgan fingerprint density at radius 1 is 1.40 bits per heavy atom. The molecule has 2 saturated heterocycles. The van der Waals surface area contributed by atoms with Crippen molar-refractivity contribution in [1.82, 2.24) is 5.32 Å². The lowest BCUT2D eigenvalue weighted by Gasteiger charge is -2.45. The van der Waals surface area contributed by atoms with Crippen LogP contribution in [0, 0.1) is 5.92 Å². The van der Waals surface area contributed by atoms with Gasteiger partial charge >= 0.3 is 0 Å². The molecule has 0 aromatic rings. The van der Waals surface area contributed by atoms with E-state index in [1.54, 1.807) is 0 Å². The molecular weight excluding hydrogens is 190 g/mol. The molecule has 0 aromatic heterocycles. The SMILES string of the molecule is COCC1(C2CCCOC2)CCCCN1. The third kappa shape index (κ3) is 2.52. The van der Waals surface area contributed by atoms with Crippen LogP contribution in [-0.4, -0.2) is 39.0 Å². The summed E-state index contributed by atoms with van der Waals surface area (Å²) in [6.07, 6.45) is 6.37. The first kappa shape index (κ1) is 11.4. The summed E-state index contributed by atoms with van der Waals surface area (Å²) in [5.74, 6) is 0.645. The van der Waals surface area contributed by atoms with Gasteiger partial charge in [0.1, 0.15) is 0 Å². The average molecular weight is 213 g/mol. The Morgan fingerprint density at radius 3 is 2.93 bits per heavy atom. The molecule has 0 bridgehead atoms. The molecule has 2 rings (SSSR count). The molecule has 2 aliphatic rings. The van der Waals surface area contributed by atoms with Gasteiger partial charge in [0.15, 0.2) is 0 Å². The van der Waals surface area contributed by atoms with Crippen molar-refractivity contribution in [2.24, 2.45) is 5.92 Å². The lowest BCUT2D eigenvalue weighted by atomic mass is 9.75. The predicted molar refractivity (Wildman–Crippen MR) is 60.0 cm³/mol. The quantitative estimate of drug-likeness (QED) is 0.772. The van der Waals surface area contributed by atoms with Gasteiger partial charge in [0.2, 0.25) is 0 Å². The Hall–Kier alpha value is -0.120. The maximum absolute atomic E-state index is 5.61. The van der Waals surface area contributed by atoms with Gasteiger partial charge in [-0.2, -0.15) is 0 Å². The van der Waals surface area contributed by atoms with Crippen LogP contribution in [-0.2, 0) is 9.47 Å². The zero-order valence-electron chi connectivity index (χ0n) is 9.76. The van der Waals surface area contributed by atoms with Crippen molar-refractivity contribution in [3.8, 4) is 0 Å². The van der Waals surface area contributed by atoms with Crippen LogP contribution >= 0.6 is 0 Å². The van der Waals surface area contributed by atoms with Gasteiger partial charge in [-0.1, -0.05) is 6.42 Å². The molecule has 0 aliphatic carbocycles. The van der Waals surface area contributed by atoms with Crippen molar-refractivity contribution in [1.29, 1.82) is 0 Å². The molecule has 2 atom stereocenters. The van der Waals surface area contributed by atoms with Crippen molar-refractivity contribution in [3.63, 3.8) is 0 Å². The van der Waals surface area contributed by atoms with Crippen LogP contribution in [0.25, 0.3) is 0 Å². The Labute approximate surface area is 92.5 Å². The summed E-state index contributed by atoms with van der Waals surface area (Å²) in [6, 6.07) is 0. The maximum atomic E-state index is 5.61. The highest BCUT2D eigenvalue weighted by Crippen LogP contribution is 2.33. The molecule has 0 spiro atoms. The Balaban J connectivity index is 2.01. The van der Waals surface area contributed by atoms with Crippen LogP contribution < -0.4 is 5.32 Å². The molecule has 15 heavy (non-hydrogen) atoms. The second-order valence-electron chi connectivity index (χ2n) is 4.89. The lowest BCUT2D eigenvalue weighted by molar-refractivity contribution is -0.0284. The molecule has 0 aromatic carbocycles. The summed E-state index contributed by atoms with van der Waals surface area (Å²) in [6.45, 7) is 3.83. The number of hydrogen-bond donors (Lipinski definition) is 1. The monoisotopic (exact) mass is 213 g/mol. The molecule has 3 heteroatoms. The highest BCUT2D eigenvalue weighted by molar-refractivity contribution is 4.97. The van der Waals surface area contributed by atoms with Gasteiger partial charge in [0.05, 0.1) is 13.2 Å². The molecule has 88 valence electrons. The van der Waals surface area contributed by atoms with Crippen molar-refractivity contribution in [2.45, 2.75) is 37.6 Å². The zero-order valence-corrected chi connectivity index (χ0v) is 9.76. The third-order valence-corrected chi connectivity index (χ3v) is 3.87. The standard InChI is InChI=1S/C12H23NO2/c1-14-10-12(6-2-3-7-13-12)11-5-4-8-15-9-11/h11,13H,2-10H2,1H3. The van der Waals surface area contributed by atoms with Crippen LogP contribution in [0.1, 0.15) is 32.1 Å². The van der Waals surface area contributed by atoms with Crippen LogP contribution in [0.15, 0.2) is 0 Å². The topological polar surface area (TPSA) is 30.5 Å². The van der Waals surface area contributed by atoms with E-state index in [4.69, 9.17) is 9.47 Å². The molecule has 1 N–H and O–H groups in total. The highest BCUT2D eigenvalue weighted by atomic mass is 16.5. The van der Waals surface area contributed by atoms with Gasteiger partial charge in [-0.05, 0) is 32.2 Å². The number of hydrogen-bond acceptors (Lipinski definition) is 3. The van der Waals surface area contributed by atoms with Crippen LogP contribution in [0.2, 0.25) is 0 Å². The van der Waals surface area contributed by atoms with Gasteiger partial charge in [0.25, 0.3) is 0 Å². The predicted octanol–water partition coefficient (Wildman–Crippen LogP) is 1.57. The third-order valence-electron chi connectivity index (χ3n) is 3.87. The summed E-state index contributed by atoms with van der Waals surface area (Å²) in [4.78, 5) is 0. The van der Waals surface area contributed by atoms with E-state index in [9.17, 15) is 0 Å². The van der Waals surface area contributed by atoms with Crippen molar-refractivity contribution >= 4 is 0 Å². The van der Waals surface area contributed by atoms with E-state index >= 15 is 0 Å². The Kier molecular flexibility index (Phi) is 4.00. The first-order valence-corrected chi connectivity index (χ1v) is 6.19. The summed E-state index contributed by atoms with van der Waals surface area (Å²) in [5.41, 5.74) is 0.202. The van der Waals surface area contributed by atoms with Gasteiger partial charge in [-0.15, -0.1) is 0 Å². The molecule has 0 amide bonds. The van der Waals surface area contributed by atoms with Crippen molar-refractivity contribution in [2.75, 3.05) is 33.5 Å². The minimum atomic E-state index is 0.202. The summed E-state index contributed by atoms with van der Waals surface area (Å²) < 4.78 is 11.0. The first-order chi connectivity index (χ1) is 7.37. The van der Waals surface area contributed by atoms with E-state index in [2.05, 4.69) is 5.32 Å². The fourth-order valence-electron chi connectivity index (χ4n) is 3.01. The van der Waals surface area contributed by atoms with Crippen LogP contribution in [0.4, 0.5) is 0 Å². The second kappa shape index (κ2) is 5.28. The van der Waals surface area contributed by atoms with Crippen molar-refractivity contribution in [3.05, 3.63) is 0 Å². The number of methoxy groups -OCH3 is 1. The van der Waals surface area contributed by atoms with Crippen LogP contribution in [0.5, 0.6) is 0 Å². The number of nitrogens with one attached hydrogen (secondary N) is 1. The minimum Gasteiger partial charge on any atom is -0.383 e. The zero-order chi connectivity index (χ0) is 10.6. The summed E-state index contributed by atoms with van der Waals surface area (Å²) >= 11 is 0. The van der Waals surface area contributed by atoms with E-state index in [1.165, 1.54) is 32.1 Å². The number of rotatable bonds is 3. The Bertz CT molecular complexity index is 179. The van der Waals surface area contributed by atoms with E-state index in [-0.39, 0.29) is 5.54 Å². The van der Waals surface area contributed by atoms with E-state index in [0.29, 0.717) is 5.92 Å². The summed E-state index contributed by atoms with van der Waals surface area (Å²) in [7, 11) is 1.81. The fraction of sp³-hybridized carbons (Fsp3) is 1.00. The first-order valence-electron chi connectivity index (χ1n) is 6.19. The molecule has 2 aliphatic heterocycles. The average Bonchev–Trinajstić information content (AvgIpc) is 2.32. The van der Waals surface area contributed by atoms with Gasteiger partial charge in [-0.3, -0.25) is 0 Å². The molecule has 2 fully saturated rings. The van der Waals surface area contributed by atoms with Gasteiger partial charge in [-0.25, -0.2) is 0 Å². The largest absolute Gasteiger partial charge is 0.383 e. The summed E-state index contributed by atoms with van der Waals surface area (Å²) in [5, 5.41) is 3.70. The van der Waals surface area contributed by atoms with E-state index in [1.807, 2.05) is 7.11 Å². The minimum absolute atomic E-state index is 0.202. The molecule has 0 saturated carbocycles. The molecule has 0 radical (unpaired) electrons. The highest BCUT2D eigenvalue weighted by Gasteiger charge is 2.40. The lowest BCUT2D eigenvalue weighted by Crippen LogP contribution is -2.58. The second-order valence-corrected chi connectivity index (χ2v) is 4.89. The molecule has 3 nitrogen and oxygen atoms in total. The molecule has 2 heterocycles. The number of ether oxygens (including phenoxy) is 2. The van der Waals surface area contributed by atoms with E-state index in [0.717, 1.165) is 26.4 Å².